The topological polar surface area (TPSA) is 58.6 Å². The maximum atomic E-state index is 13.2. The minimum atomic E-state index is -0.634. The minimum absolute atomic E-state index is 0.00953. The fourth-order valence-corrected chi connectivity index (χ4v) is 3.81. The highest BCUT2D eigenvalue weighted by molar-refractivity contribution is 9.10. The summed E-state index contributed by atoms with van der Waals surface area (Å²) in [6.45, 7) is 5.69. The average molecular weight is 483 g/mol. The predicted molar refractivity (Wildman–Crippen MR) is 127 cm³/mol. The highest BCUT2D eigenvalue weighted by atomic mass is 79.9. The molecule has 0 radical (unpaired) electrons. The van der Waals surface area contributed by atoms with Crippen LogP contribution in [-0.2, 0) is 16.1 Å². The summed E-state index contributed by atoms with van der Waals surface area (Å²) < 4.78 is 6.82. The molecule has 0 aromatic heterocycles. The van der Waals surface area contributed by atoms with E-state index >= 15 is 0 Å². The Balaban J connectivity index is 1.79. The van der Waals surface area contributed by atoms with Crippen LogP contribution >= 0.6 is 15.9 Å². The van der Waals surface area contributed by atoms with Crippen LogP contribution in [0.3, 0.4) is 0 Å². The summed E-state index contributed by atoms with van der Waals surface area (Å²) in [7, 11) is 0. The highest BCUT2D eigenvalue weighted by Gasteiger charge is 2.27. The summed E-state index contributed by atoms with van der Waals surface area (Å²) in [4.78, 5) is 27.4. The third kappa shape index (κ3) is 6.07. The SMILES string of the molecule is CC(C)NC(=O)[C@H](C)N(Cc1cccc(Br)c1)C(=O)COc1cccc2ccccc12. The Morgan fingerprint density at radius 1 is 1.00 bits per heavy atom. The van der Waals surface area contributed by atoms with E-state index < -0.39 is 6.04 Å². The number of nitrogens with one attached hydrogen (secondary N) is 1. The Bertz CT molecular complexity index is 1060. The van der Waals surface area contributed by atoms with E-state index in [2.05, 4.69) is 21.2 Å². The lowest BCUT2D eigenvalue weighted by molar-refractivity contribution is -0.142. The van der Waals surface area contributed by atoms with Crippen LogP contribution in [0.4, 0.5) is 0 Å². The molecule has 0 aliphatic heterocycles. The molecule has 0 unspecified atom stereocenters. The van der Waals surface area contributed by atoms with E-state index in [9.17, 15) is 9.59 Å². The van der Waals surface area contributed by atoms with Crippen LogP contribution in [0.15, 0.2) is 71.2 Å². The second-order valence-corrected chi connectivity index (χ2v) is 8.67. The second kappa shape index (κ2) is 10.4. The van der Waals surface area contributed by atoms with Crippen molar-refractivity contribution in [2.45, 2.75) is 39.4 Å². The Kier molecular flexibility index (Phi) is 7.69. The van der Waals surface area contributed by atoms with Crippen LogP contribution in [0.1, 0.15) is 26.3 Å². The molecule has 3 rings (SSSR count). The molecule has 0 bridgehead atoms. The number of halogens is 1. The number of hydrogen-bond acceptors (Lipinski definition) is 3. The molecule has 0 aliphatic carbocycles. The van der Waals surface area contributed by atoms with Crippen molar-refractivity contribution in [1.82, 2.24) is 10.2 Å². The van der Waals surface area contributed by atoms with Gasteiger partial charge in [-0.1, -0.05) is 64.5 Å². The number of fused-ring (bicyclic) bond motifs is 1. The summed E-state index contributed by atoms with van der Waals surface area (Å²) in [5.74, 6) is 0.205. The zero-order valence-electron chi connectivity index (χ0n) is 18.0. The van der Waals surface area contributed by atoms with E-state index in [1.165, 1.54) is 0 Å². The van der Waals surface area contributed by atoms with Crippen molar-refractivity contribution in [3.8, 4) is 5.75 Å². The van der Waals surface area contributed by atoms with Crippen molar-refractivity contribution in [2.24, 2.45) is 0 Å². The van der Waals surface area contributed by atoms with Gasteiger partial charge in [-0.3, -0.25) is 9.59 Å². The Morgan fingerprint density at radius 3 is 2.45 bits per heavy atom. The van der Waals surface area contributed by atoms with Crippen molar-refractivity contribution in [1.29, 1.82) is 0 Å². The van der Waals surface area contributed by atoms with Gasteiger partial charge in [0, 0.05) is 22.4 Å². The number of benzene rings is 3. The molecule has 31 heavy (non-hydrogen) atoms. The molecule has 0 heterocycles. The fourth-order valence-electron chi connectivity index (χ4n) is 3.36. The van der Waals surface area contributed by atoms with Gasteiger partial charge in [0.15, 0.2) is 6.61 Å². The summed E-state index contributed by atoms with van der Waals surface area (Å²) in [6.07, 6.45) is 0. The summed E-state index contributed by atoms with van der Waals surface area (Å²) in [5.41, 5.74) is 0.928. The molecule has 0 saturated heterocycles. The standard InChI is InChI=1S/C25H27BrN2O3/c1-17(2)27-25(30)18(3)28(15-19-8-6-11-21(26)14-19)24(29)16-31-23-13-7-10-20-9-4-5-12-22(20)23/h4-14,17-18H,15-16H2,1-3H3,(H,27,30)/t18-/m0/s1. The Morgan fingerprint density at radius 2 is 1.71 bits per heavy atom. The molecule has 3 aromatic rings. The smallest absolute Gasteiger partial charge is 0.261 e. The molecule has 0 fully saturated rings. The van der Waals surface area contributed by atoms with Gasteiger partial charge in [0.1, 0.15) is 11.8 Å². The predicted octanol–water partition coefficient (Wildman–Crippen LogP) is 4.92. The van der Waals surface area contributed by atoms with Gasteiger partial charge in [0.2, 0.25) is 5.91 Å². The first-order chi connectivity index (χ1) is 14.8. The van der Waals surface area contributed by atoms with Crippen LogP contribution in [-0.4, -0.2) is 35.4 Å². The number of amides is 2. The first-order valence-electron chi connectivity index (χ1n) is 10.3. The molecule has 162 valence electrons. The van der Waals surface area contributed by atoms with E-state index in [0.29, 0.717) is 12.3 Å². The molecule has 6 heteroatoms. The van der Waals surface area contributed by atoms with Gasteiger partial charge in [0.05, 0.1) is 0 Å². The summed E-state index contributed by atoms with van der Waals surface area (Å²) in [6, 6.07) is 20.7. The van der Waals surface area contributed by atoms with E-state index in [-0.39, 0.29) is 24.5 Å². The normalized spacial score (nSPS) is 11.9. The lowest BCUT2D eigenvalue weighted by atomic mass is 10.1. The molecule has 1 atom stereocenters. The monoisotopic (exact) mass is 482 g/mol. The Hall–Kier alpha value is -2.86. The van der Waals surface area contributed by atoms with Crippen molar-refractivity contribution < 1.29 is 14.3 Å². The molecule has 1 N–H and O–H groups in total. The molecule has 0 spiro atoms. The summed E-state index contributed by atoms with van der Waals surface area (Å²) >= 11 is 3.46. The maximum absolute atomic E-state index is 13.2. The van der Waals surface area contributed by atoms with Gasteiger partial charge >= 0.3 is 0 Å². The first kappa shape index (κ1) is 22.8. The molecule has 5 nitrogen and oxygen atoms in total. The zero-order valence-corrected chi connectivity index (χ0v) is 19.6. The number of nitrogens with zero attached hydrogens (tertiary/aromatic N) is 1. The van der Waals surface area contributed by atoms with Gasteiger partial charge in [0.25, 0.3) is 5.91 Å². The molecular weight excluding hydrogens is 456 g/mol. The van der Waals surface area contributed by atoms with Gasteiger partial charge in [-0.2, -0.15) is 0 Å². The van der Waals surface area contributed by atoms with Crippen LogP contribution in [0, 0.1) is 0 Å². The molecule has 0 saturated carbocycles. The highest BCUT2D eigenvalue weighted by Crippen LogP contribution is 2.25. The quantitative estimate of drug-likeness (QED) is 0.495. The van der Waals surface area contributed by atoms with E-state index in [4.69, 9.17) is 4.74 Å². The van der Waals surface area contributed by atoms with Crippen molar-refractivity contribution >= 4 is 38.5 Å². The van der Waals surface area contributed by atoms with Gasteiger partial charge in [-0.05, 0) is 49.9 Å². The zero-order chi connectivity index (χ0) is 22.4. The van der Waals surface area contributed by atoms with Gasteiger partial charge in [-0.25, -0.2) is 0 Å². The van der Waals surface area contributed by atoms with Crippen molar-refractivity contribution in [2.75, 3.05) is 6.61 Å². The number of carbonyl (C=O) groups excluding carboxylic acids is 2. The minimum Gasteiger partial charge on any atom is -0.483 e. The number of ether oxygens (including phenoxy) is 1. The molecule has 0 aliphatic rings. The van der Waals surface area contributed by atoms with Crippen molar-refractivity contribution in [3.63, 3.8) is 0 Å². The van der Waals surface area contributed by atoms with Gasteiger partial charge < -0.3 is 15.0 Å². The van der Waals surface area contributed by atoms with Gasteiger partial charge in [-0.15, -0.1) is 0 Å². The van der Waals surface area contributed by atoms with E-state index in [1.807, 2.05) is 80.6 Å². The van der Waals surface area contributed by atoms with Crippen LogP contribution < -0.4 is 10.1 Å². The number of hydrogen-bond donors (Lipinski definition) is 1. The Labute approximate surface area is 191 Å². The van der Waals surface area contributed by atoms with E-state index in [0.717, 1.165) is 20.8 Å². The van der Waals surface area contributed by atoms with Crippen LogP contribution in [0.2, 0.25) is 0 Å². The number of rotatable bonds is 8. The lowest BCUT2D eigenvalue weighted by Crippen LogP contribution is -2.50. The first-order valence-corrected chi connectivity index (χ1v) is 11.1. The summed E-state index contributed by atoms with van der Waals surface area (Å²) in [5, 5.41) is 4.88. The van der Waals surface area contributed by atoms with Crippen LogP contribution in [0.25, 0.3) is 10.8 Å². The molecule has 3 aromatic carbocycles. The lowest BCUT2D eigenvalue weighted by Gasteiger charge is -2.29. The molecule has 2 amide bonds. The third-order valence-electron chi connectivity index (χ3n) is 4.94. The number of carbonyl (C=O) groups is 2. The van der Waals surface area contributed by atoms with E-state index in [1.54, 1.807) is 11.8 Å². The average Bonchev–Trinajstić information content (AvgIpc) is 2.75. The van der Waals surface area contributed by atoms with Crippen LogP contribution in [0.5, 0.6) is 5.75 Å². The maximum Gasteiger partial charge on any atom is 0.261 e. The fraction of sp³-hybridized carbons (Fsp3) is 0.280. The third-order valence-corrected chi connectivity index (χ3v) is 5.43. The molecular formula is C25H27BrN2O3. The second-order valence-electron chi connectivity index (χ2n) is 7.76. The largest absolute Gasteiger partial charge is 0.483 e. The van der Waals surface area contributed by atoms with Crippen molar-refractivity contribution in [3.05, 3.63) is 76.8 Å².